The van der Waals surface area contributed by atoms with E-state index in [4.69, 9.17) is 15.7 Å². The minimum atomic E-state index is -3.62. The number of aryl methyl sites for hydroxylation is 1. The molecule has 1 fully saturated rings. The lowest BCUT2D eigenvalue weighted by Gasteiger charge is -2.37. The van der Waals surface area contributed by atoms with Crippen molar-refractivity contribution in [3.8, 4) is 6.07 Å². The lowest BCUT2D eigenvalue weighted by atomic mass is 10.0. The smallest absolute Gasteiger partial charge is 0.243 e. The molecule has 1 aliphatic heterocycles. The zero-order valence-corrected chi connectivity index (χ0v) is 13.6. The summed E-state index contributed by atoms with van der Waals surface area (Å²) in [6.45, 7) is 2.35. The average molecular weight is 323 g/mol. The zero-order chi connectivity index (χ0) is 16.3. The van der Waals surface area contributed by atoms with Crippen LogP contribution in [0.2, 0.25) is 0 Å². The number of ether oxygens (including phenoxy) is 1. The molecule has 1 heterocycles. The van der Waals surface area contributed by atoms with Gasteiger partial charge in [0.25, 0.3) is 0 Å². The summed E-state index contributed by atoms with van der Waals surface area (Å²) in [4.78, 5) is 0.237. The lowest BCUT2D eigenvalue weighted by molar-refractivity contribution is 0.0401. The normalized spacial score (nSPS) is 23.2. The topological polar surface area (TPSA) is 96.4 Å². The number of methoxy groups -OCH3 is 1. The first-order valence-electron chi connectivity index (χ1n) is 7.19. The Morgan fingerprint density at radius 1 is 1.50 bits per heavy atom. The second-order valence-electron chi connectivity index (χ2n) is 5.48. The molecular formula is C15H21N3O3S. The van der Waals surface area contributed by atoms with E-state index in [1.54, 1.807) is 20.1 Å². The van der Waals surface area contributed by atoms with E-state index in [0.717, 1.165) is 0 Å². The summed E-state index contributed by atoms with van der Waals surface area (Å²) in [5.74, 6) is 0. The molecule has 2 atom stereocenters. The number of nitrogens with two attached hydrogens (primary N) is 1. The Kier molecular flexibility index (Phi) is 5.19. The Morgan fingerprint density at radius 2 is 2.23 bits per heavy atom. The predicted molar refractivity (Wildman–Crippen MR) is 82.7 cm³/mol. The summed E-state index contributed by atoms with van der Waals surface area (Å²) in [7, 11) is -1.99. The van der Waals surface area contributed by atoms with Crippen LogP contribution in [0.15, 0.2) is 23.1 Å². The second kappa shape index (κ2) is 6.75. The maximum atomic E-state index is 12.9. The van der Waals surface area contributed by atoms with E-state index < -0.39 is 10.0 Å². The van der Waals surface area contributed by atoms with E-state index in [-0.39, 0.29) is 23.6 Å². The first-order chi connectivity index (χ1) is 10.4. The molecule has 7 heteroatoms. The summed E-state index contributed by atoms with van der Waals surface area (Å²) in [6, 6.07) is 6.37. The number of sulfonamides is 1. The molecule has 22 heavy (non-hydrogen) atoms. The van der Waals surface area contributed by atoms with E-state index in [1.807, 2.05) is 6.07 Å². The van der Waals surface area contributed by atoms with Crippen LogP contribution in [0.3, 0.4) is 0 Å². The molecule has 120 valence electrons. The van der Waals surface area contributed by atoms with Crippen LogP contribution >= 0.6 is 0 Å². The van der Waals surface area contributed by atoms with Gasteiger partial charge >= 0.3 is 0 Å². The molecule has 0 amide bonds. The third-order valence-corrected chi connectivity index (χ3v) is 6.22. The number of nitriles is 1. The van der Waals surface area contributed by atoms with E-state index >= 15 is 0 Å². The first kappa shape index (κ1) is 16.9. The number of rotatable bonds is 4. The van der Waals surface area contributed by atoms with Crippen molar-refractivity contribution in [1.82, 2.24) is 4.31 Å². The van der Waals surface area contributed by atoms with Crippen LogP contribution in [0.5, 0.6) is 0 Å². The number of benzene rings is 1. The van der Waals surface area contributed by atoms with Crippen LogP contribution in [0, 0.1) is 18.3 Å². The monoisotopic (exact) mass is 323 g/mol. The molecule has 1 saturated heterocycles. The van der Waals surface area contributed by atoms with Gasteiger partial charge in [0.1, 0.15) is 0 Å². The Hall–Kier alpha value is -1.46. The van der Waals surface area contributed by atoms with E-state index in [0.29, 0.717) is 30.5 Å². The Balaban J connectivity index is 2.36. The summed E-state index contributed by atoms with van der Waals surface area (Å²) in [5, 5.41) is 8.90. The molecule has 2 N–H and O–H groups in total. The average Bonchev–Trinajstić information content (AvgIpc) is 2.53. The SMILES string of the molecule is COC1CCN(S(=O)(=O)c2ccc(C#N)cc2C)C(CN)C1. The molecule has 0 radical (unpaired) electrons. The Labute approximate surface area is 131 Å². The maximum Gasteiger partial charge on any atom is 0.243 e. The lowest BCUT2D eigenvalue weighted by Crippen LogP contribution is -2.51. The van der Waals surface area contributed by atoms with Crippen molar-refractivity contribution in [2.45, 2.75) is 36.8 Å². The van der Waals surface area contributed by atoms with Gasteiger partial charge < -0.3 is 10.5 Å². The molecule has 0 bridgehead atoms. The highest BCUT2D eigenvalue weighted by atomic mass is 32.2. The van der Waals surface area contributed by atoms with Gasteiger partial charge in [0.15, 0.2) is 0 Å². The molecule has 0 saturated carbocycles. The summed E-state index contributed by atoms with van der Waals surface area (Å²) >= 11 is 0. The van der Waals surface area contributed by atoms with Gasteiger partial charge in [-0.3, -0.25) is 0 Å². The van der Waals surface area contributed by atoms with Crippen molar-refractivity contribution in [2.75, 3.05) is 20.2 Å². The molecule has 0 aliphatic carbocycles. The molecular weight excluding hydrogens is 302 g/mol. The van der Waals surface area contributed by atoms with Gasteiger partial charge in [-0.2, -0.15) is 9.57 Å². The van der Waals surface area contributed by atoms with E-state index in [9.17, 15) is 8.42 Å². The third-order valence-electron chi connectivity index (χ3n) is 4.11. The molecule has 1 aliphatic rings. The molecule has 6 nitrogen and oxygen atoms in total. The first-order valence-corrected chi connectivity index (χ1v) is 8.63. The van der Waals surface area contributed by atoms with Crippen LogP contribution in [-0.4, -0.2) is 45.1 Å². The highest BCUT2D eigenvalue weighted by Gasteiger charge is 2.36. The van der Waals surface area contributed by atoms with Crippen molar-refractivity contribution in [2.24, 2.45) is 5.73 Å². The summed E-state index contributed by atoms with van der Waals surface area (Å²) < 4.78 is 32.6. The largest absolute Gasteiger partial charge is 0.381 e. The van der Waals surface area contributed by atoms with Crippen LogP contribution in [0.4, 0.5) is 0 Å². The standard InChI is InChI=1S/C15H21N3O3S/c1-11-7-12(9-16)3-4-15(11)22(19,20)18-6-5-14(21-2)8-13(18)10-17/h3-4,7,13-14H,5-6,8,10,17H2,1-2H3. The minimum absolute atomic E-state index is 0.0436. The molecule has 2 rings (SSSR count). The fourth-order valence-electron chi connectivity index (χ4n) is 2.87. The molecule has 1 aromatic rings. The number of hydrogen-bond donors (Lipinski definition) is 1. The van der Waals surface area contributed by atoms with Gasteiger partial charge in [0.2, 0.25) is 10.0 Å². The number of hydrogen-bond acceptors (Lipinski definition) is 5. The van der Waals surface area contributed by atoms with Crippen LogP contribution in [-0.2, 0) is 14.8 Å². The van der Waals surface area contributed by atoms with Crippen molar-refractivity contribution >= 4 is 10.0 Å². The van der Waals surface area contributed by atoms with E-state index in [2.05, 4.69) is 0 Å². The highest BCUT2D eigenvalue weighted by molar-refractivity contribution is 7.89. The van der Waals surface area contributed by atoms with E-state index in [1.165, 1.54) is 16.4 Å². The van der Waals surface area contributed by atoms with Gasteiger partial charge in [0.05, 0.1) is 22.6 Å². The van der Waals surface area contributed by atoms with Gasteiger partial charge in [-0.05, 0) is 43.5 Å². The van der Waals surface area contributed by atoms with Crippen LogP contribution < -0.4 is 5.73 Å². The molecule has 0 spiro atoms. The van der Waals surface area contributed by atoms with Gasteiger partial charge in [0, 0.05) is 26.2 Å². The highest BCUT2D eigenvalue weighted by Crippen LogP contribution is 2.28. The van der Waals surface area contributed by atoms with Gasteiger partial charge in [-0.1, -0.05) is 0 Å². The summed E-state index contributed by atoms with van der Waals surface area (Å²) in [6.07, 6.45) is 1.30. The minimum Gasteiger partial charge on any atom is -0.381 e. The van der Waals surface area contributed by atoms with Crippen molar-refractivity contribution in [1.29, 1.82) is 5.26 Å². The Bertz CT molecular complexity index is 682. The molecule has 2 unspecified atom stereocenters. The predicted octanol–water partition coefficient (Wildman–Crippen LogP) is 0.994. The van der Waals surface area contributed by atoms with Crippen LogP contribution in [0.1, 0.15) is 24.0 Å². The van der Waals surface area contributed by atoms with Crippen molar-refractivity contribution in [3.63, 3.8) is 0 Å². The zero-order valence-electron chi connectivity index (χ0n) is 12.8. The molecule has 1 aromatic carbocycles. The maximum absolute atomic E-state index is 12.9. The summed E-state index contributed by atoms with van der Waals surface area (Å²) in [5.41, 5.74) is 6.79. The third kappa shape index (κ3) is 3.15. The Morgan fingerprint density at radius 3 is 2.77 bits per heavy atom. The van der Waals surface area contributed by atoms with Crippen molar-refractivity contribution in [3.05, 3.63) is 29.3 Å². The fraction of sp³-hybridized carbons (Fsp3) is 0.533. The van der Waals surface area contributed by atoms with Gasteiger partial charge in [-0.15, -0.1) is 0 Å². The second-order valence-corrected chi connectivity index (χ2v) is 7.34. The fourth-order valence-corrected chi connectivity index (χ4v) is 4.74. The van der Waals surface area contributed by atoms with Crippen molar-refractivity contribution < 1.29 is 13.2 Å². The van der Waals surface area contributed by atoms with Crippen LogP contribution in [0.25, 0.3) is 0 Å². The van der Waals surface area contributed by atoms with Gasteiger partial charge in [-0.25, -0.2) is 8.42 Å². The number of piperidine rings is 1. The quantitative estimate of drug-likeness (QED) is 0.891. The molecule has 0 aromatic heterocycles. The number of nitrogens with zero attached hydrogens (tertiary/aromatic N) is 2.